The standard InChI is InChI=1S/C15H22N2O4S/c1-9-6-17(7-11(21-9)13(19)20)12(18)5-10-8-22-14(16-10)15(2,3)4/h8-9,11H,5-7H2,1-4H3,(H,19,20)/t9-,11?/m1/s1. The van der Waals surface area contributed by atoms with E-state index in [0.717, 1.165) is 10.7 Å². The van der Waals surface area contributed by atoms with Crippen molar-refractivity contribution in [1.29, 1.82) is 0 Å². The van der Waals surface area contributed by atoms with Gasteiger partial charge in [0.2, 0.25) is 5.91 Å². The molecule has 2 heterocycles. The zero-order valence-corrected chi connectivity index (χ0v) is 14.1. The van der Waals surface area contributed by atoms with E-state index < -0.39 is 12.1 Å². The predicted molar refractivity (Wildman–Crippen MR) is 83.1 cm³/mol. The van der Waals surface area contributed by atoms with Crippen molar-refractivity contribution in [2.45, 2.75) is 51.7 Å². The number of ether oxygens (including phenoxy) is 1. The van der Waals surface area contributed by atoms with Crippen LogP contribution in [0.2, 0.25) is 0 Å². The minimum atomic E-state index is -1.03. The largest absolute Gasteiger partial charge is 0.479 e. The van der Waals surface area contributed by atoms with Gasteiger partial charge in [0.05, 0.1) is 29.8 Å². The Morgan fingerprint density at radius 1 is 1.45 bits per heavy atom. The van der Waals surface area contributed by atoms with E-state index >= 15 is 0 Å². The molecule has 0 saturated carbocycles. The van der Waals surface area contributed by atoms with Crippen LogP contribution in [0, 0.1) is 0 Å². The Morgan fingerprint density at radius 2 is 2.14 bits per heavy atom. The molecule has 6 nitrogen and oxygen atoms in total. The van der Waals surface area contributed by atoms with Gasteiger partial charge in [-0.3, -0.25) is 4.79 Å². The maximum atomic E-state index is 12.4. The minimum Gasteiger partial charge on any atom is -0.479 e. The molecule has 1 amide bonds. The Morgan fingerprint density at radius 3 is 2.68 bits per heavy atom. The maximum absolute atomic E-state index is 12.4. The van der Waals surface area contributed by atoms with Crippen LogP contribution in [0.3, 0.4) is 0 Å². The SMILES string of the molecule is C[C@@H]1CN(C(=O)Cc2csc(C(C)(C)C)n2)CC(C(=O)O)O1. The Labute approximate surface area is 134 Å². The van der Waals surface area contributed by atoms with Crippen LogP contribution in [0.15, 0.2) is 5.38 Å². The molecule has 0 aliphatic carbocycles. The molecule has 1 aromatic rings. The molecule has 122 valence electrons. The number of carbonyl (C=O) groups is 2. The molecule has 2 atom stereocenters. The van der Waals surface area contributed by atoms with Crippen LogP contribution in [-0.2, 0) is 26.2 Å². The Balaban J connectivity index is 2.02. The minimum absolute atomic E-state index is 0.0339. The average Bonchev–Trinajstić information content (AvgIpc) is 2.86. The number of aromatic nitrogens is 1. The summed E-state index contributed by atoms with van der Waals surface area (Å²) in [6.45, 7) is 8.53. The summed E-state index contributed by atoms with van der Waals surface area (Å²) in [6, 6.07) is 0. The lowest BCUT2D eigenvalue weighted by molar-refractivity contribution is -0.166. The molecule has 1 saturated heterocycles. The quantitative estimate of drug-likeness (QED) is 0.914. The molecular formula is C15H22N2O4S. The normalized spacial score (nSPS) is 22.6. The summed E-state index contributed by atoms with van der Waals surface area (Å²) in [5.74, 6) is -1.14. The Bertz CT molecular complexity index is 564. The molecular weight excluding hydrogens is 304 g/mol. The average molecular weight is 326 g/mol. The predicted octanol–water partition coefficient (Wildman–Crippen LogP) is 1.68. The molecule has 0 aromatic carbocycles. The molecule has 1 unspecified atom stereocenters. The second kappa shape index (κ2) is 6.34. The van der Waals surface area contributed by atoms with Crippen molar-refractivity contribution < 1.29 is 19.4 Å². The number of carbonyl (C=O) groups excluding carboxylic acids is 1. The van der Waals surface area contributed by atoms with Crippen LogP contribution < -0.4 is 0 Å². The van der Waals surface area contributed by atoms with Gasteiger partial charge in [-0.25, -0.2) is 9.78 Å². The molecule has 1 aliphatic rings. The first kappa shape index (κ1) is 16.9. The highest BCUT2D eigenvalue weighted by Gasteiger charge is 2.32. The summed E-state index contributed by atoms with van der Waals surface area (Å²) >= 11 is 1.55. The summed E-state index contributed by atoms with van der Waals surface area (Å²) in [5, 5.41) is 12.0. The third kappa shape index (κ3) is 4.04. The lowest BCUT2D eigenvalue weighted by Crippen LogP contribution is -2.52. The van der Waals surface area contributed by atoms with Gasteiger partial charge in [-0.15, -0.1) is 11.3 Å². The maximum Gasteiger partial charge on any atom is 0.334 e. The summed E-state index contributed by atoms with van der Waals surface area (Å²) in [5.41, 5.74) is 0.708. The Kier molecular flexibility index (Phi) is 4.87. The number of amides is 1. The van der Waals surface area contributed by atoms with Gasteiger partial charge in [-0.05, 0) is 6.92 Å². The molecule has 1 N–H and O–H groups in total. The first-order chi connectivity index (χ1) is 10.2. The van der Waals surface area contributed by atoms with Crippen molar-refractivity contribution in [3.63, 3.8) is 0 Å². The first-order valence-electron chi connectivity index (χ1n) is 7.27. The van der Waals surface area contributed by atoms with Gasteiger partial charge in [0, 0.05) is 17.3 Å². The van der Waals surface area contributed by atoms with Crippen LogP contribution in [0.5, 0.6) is 0 Å². The fourth-order valence-corrected chi connectivity index (χ4v) is 3.20. The molecule has 0 radical (unpaired) electrons. The van der Waals surface area contributed by atoms with Crippen LogP contribution in [0.4, 0.5) is 0 Å². The highest BCUT2D eigenvalue weighted by atomic mass is 32.1. The van der Waals surface area contributed by atoms with E-state index in [4.69, 9.17) is 9.84 Å². The smallest absolute Gasteiger partial charge is 0.334 e. The lowest BCUT2D eigenvalue weighted by atomic mass is 9.98. The van der Waals surface area contributed by atoms with E-state index in [0.29, 0.717) is 6.54 Å². The van der Waals surface area contributed by atoms with Gasteiger partial charge in [0.15, 0.2) is 6.10 Å². The van der Waals surface area contributed by atoms with E-state index in [2.05, 4.69) is 25.8 Å². The zero-order chi connectivity index (χ0) is 16.5. The summed E-state index contributed by atoms with van der Waals surface area (Å²) in [4.78, 5) is 29.5. The molecule has 1 aliphatic heterocycles. The van der Waals surface area contributed by atoms with E-state index in [9.17, 15) is 9.59 Å². The molecule has 1 fully saturated rings. The van der Waals surface area contributed by atoms with Crippen LogP contribution in [-0.4, -0.2) is 52.2 Å². The number of carboxylic acid groups (broad SMARTS) is 1. The van der Waals surface area contributed by atoms with Crippen LogP contribution in [0.1, 0.15) is 38.4 Å². The fraction of sp³-hybridized carbons (Fsp3) is 0.667. The highest BCUT2D eigenvalue weighted by molar-refractivity contribution is 7.09. The van der Waals surface area contributed by atoms with Gasteiger partial charge in [-0.1, -0.05) is 20.8 Å². The second-order valence-electron chi connectivity index (χ2n) is 6.64. The number of rotatable bonds is 3. The number of thiazole rings is 1. The van der Waals surface area contributed by atoms with Gasteiger partial charge < -0.3 is 14.7 Å². The van der Waals surface area contributed by atoms with Crippen LogP contribution in [0.25, 0.3) is 0 Å². The molecule has 2 rings (SSSR count). The number of hydrogen-bond acceptors (Lipinski definition) is 5. The van der Waals surface area contributed by atoms with E-state index in [1.54, 1.807) is 23.2 Å². The number of morpholine rings is 1. The third-order valence-electron chi connectivity index (χ3n) is 3.41. The van der Waals surface area contributed by atoms with Crippen molar-refractivity contribution in [2.75, 3.05) is 13.1 Å². The van der Waals surface area contributed by atoms with Crippen molar-refractivity contribution in [2.24, 2.45) is 0 Å². The highest BCUT2D eigenvalue weighted by Crippen LogP contribution is 2.26. The second-order valence-corrected chi connectivity index (χ2v) is 7.50. The topological polar surface area (TPSA) is 79.7 Å². The van der Waals surface area contributed by atoms with Crippen molar-refractivity contribution in [1.82, 2.24) is 9.88 Å². The monoisotopic (exact) mass is 326 g/mol. The van der Waals surface area contributed by atoms with E-state index in [1.165, 1.54) is 0 Å². The van der Waals surface area contributed by atoms with Crippen molar-refractivity contribution in [3.05, 3.63) is 16.1 Å². The summed E-state index contributed by atoms with van der Waals surface area (Å²) in [7, 11) is 0. The molecule has 0 spiro atoms. The molecule has 0 bridgehead atoms. The first-order valence-corrected chi connectivity index (χ1v) is 8.15. The van der Waals surface area contributed by atoms with Gasteiger partial charge >= 0.3 is 5.97 Å². The summed E-state index contributed by atoms with van der Waals surface area (Å²) < 4.78 is 5.32. The van der Waals surface area contributed by atoms with Crippen molar-refractivity contribution >= 4 is 23.2 Å². The van der Waals surface area contributed by atoms with E-state index in [-0.39, 0.29) is 30.4 Å². The number of hydrogen-bond donors (Lipinski definition) is 1. The molecule has 22 heavy (non-hydrogen) atoms. The van der Waals surface area contributed by atoms with Crippen molar-refractivity contribution in [3.8, 4) is 0 Å². The van der Waals surface area contributed by atoms with Crippen LogP contribution >= 0.6 is 11.3 Å². The van der Waals surface area contributed by atoms with Gasteiger partial charge in [0.25, 0.3) is 0 Å². The number of nitrogens with zero attached hydrogens (tertiary/aromatic N) is 2. The van der Waals surface area contributed by atoms with Gasteiger partial charge in [-0.2, -0.15) is 0 Å². The molecule has 7 heteroatoms. The van der Waals surface area contributed by atoms with E-state index in [1.807, 2.05) is 5.38 Å². The molecule has 1 aromatic heterocycles. The number of aliphatic carboxylic acids is 1. The number of carboxylic acids is 1. The lowest BCUT2D eigenvalue weighted by Gasteiger charge is -2.34. The fourth-order valence-electron chi connectivity index (χ4n) is 2.29. The third-order valence-corrected chi connectivity index (χ3v) is 4.73. The van der Waals surface area contributed by atoms with Gasteiger partial charge in [0.1, 0.15) is 0 Å². The Hall–Kier alpha value is -1.47. The zero-order valence-electron chi connectivity index (χ0n) is 13.3. The summed E-state index contributed by atoms with van der Waals surface area (Å²) in [6.07, 6.45) is -1.03.